The molecule has 0 aliphatic carbocycles. The van der Waals surface area contributed by atoms with E-state index in [2.05, 4.69) is 40.1 Å². The monoisotopic (exact) mass is 362 g/mol. The van der Waals surface area contributed by atoms with Crippen LogP contribution in [0.2, 0.25) is 5.02 Å². The Hall–Kier alpha value is -1.20. The maximum atomic E-state index is 10.3. The number of benzene rings is 2. The lowest BCUT2D eigenvalue weighted by atomic mass is 10.2. The first-order valence-electron chi connectivity index (χ1n) is 8.29. The number of aliphatic hydroxyl groups is 1. The second kappa shape index (κ2) is 8.77. The van der Waals surface area contributed by atoms with Gasteiger partial charge >= 0.3 is 0 Å². The van der Waals surface area contributed by atoms with Crippen LogP contribution < -0.4 is 4.90 Å². The summed E-state index contributed by atoms with van der Waals surface area (Å²) >= 11 is 7.57. The van der Waals surface area contributed by atoms with E-state index in [1.807, 2.05) is 24.3 Å². The highest BCUT2D eigenvalue weighted by Crippen LogP contribution is 2.21. The van der Waals surface area contributed by atoms with E-state index in [-0.39, 0.29) is 6.10 Å². The van der Waals surface area contributed by atoms with Crippen molar-refractivity contribution in [3.63, 3.8) is 0 Å². The first-order valence-corrected chi connectivity index (χ1v) is 9.66. The van der Waals surface area contributed by atoms with E-state index >= 15 is 0 Å². The van der Waals surface area contributed by atoms with Crippen molar-refractivity contribution in [1.82, 2.24) is 4.90 Å². The largest absolute Gasteiger partial charge is 0.391 e. The van der Waals surface area contributed by atoms with Crippen molar-refractivity contribution in [1.29, 1.82) is 0 Å². The lowest BCUT2D eigenvalue weighted by Gasteiger charge is -2.36. The fourth-order valence-corrected chi connectivity index (χ4v) is 3.85. The van der Waals surface area contributed by atoms with Crippen LogP contribution in [0.5, 0.6) is 0 Å². The summed E-state index contributed by atoms with van der Waals surface area (Å²) in [7, 11) is 0. The van der Waals surface area contributed by atoms with Crippen molar-refractivity contribution in [3.8, 4) is 0 Å². The zero-order chi connectivity index (χ0) is 16.8. The first kappa shape index (κ1) is 17.6. The smallest absolute Gasteiger partial charge is 0.0760 e. The average molecular weight is 363 g/mol. The highest BCUT2D eigenvalue weighted by atomic mass is 35.5. The molecule has 0 amide bonds. The number of aliphatic hydroxyl groups excluding tert-OH is 1. The molecular weight excluding hydrogens is 340 g/mol. The van der Waals surface area contributed by atoms with Gasteiger partial charge in [0.2, 0.25) is 0 Å². The van der Waals surface area contributed by atoms with E-state index in [0.717, 1.165) is 42.6 Å². The van der Waals surface area contributed by atoms with E-state index in [4.69, 9.17) is 11.6 Å². The van der Waals surface area contributed by atoms with Gasteiger partial charge in [-0.1, -0.05) is 29.8 Å². The molecule has 3 nitrogen and oxygen atoms in total. The van der Waals surface area contributed by atoms with E-state index in [0.29, 0.717) is 5.75 Å². The van der Waals surface area contributed by atoms with Crippen molar-refractivity contribution in [2.24, 2.45) is 0 Å². The number of para-hydroxylation sites is 1. The summed E-state index contributed by atoms with van der Waals surface area (Å²) in [6, 6.07) is 18.3. The summed E-state index contributed by atoms with van der Waals surface area (Å²) in [5, 5.41) is 11.0. The van der Waals surface area contributed by atoms with E-state index in [9.17, 15) is 5.11 Å². The van der Waals surface area contributed by atoms with Gasteiger partial charge in [-0.05, 0) is 36.4 Å². The minimum atomic E-state index is -0.311. The molecular formula is C19H23ClN2OS. The Balaban J connectivity index is 1.40. The Morgan fingerprint density at radius 1 is 0.958 bits per heavy atom. The van der Waals surface area contributed by atoms with Crippen LogP contribution in [0, 0.1) is 0 Å². The van der Waals surface area contributed by atoms with Crippen molar-refractivity contribution in [3.05, 3.63) is 59.6 Å². The molecule has 1 atom stereocenters. The van der Waals surface area contributed by atoms with Crippen LogP contribution in [0.15, 0.2) is 59.5 Å². The predicted molar refractivity (Wildman–Crippen MR) is 103 cm³/mol. The molecule has 1 aliphatic heterocycles. The maximum Gasteiger partial charge on any atom is 0.0760 e. The van der Waals surface area contributed by atoms with E-state index in [1.54, 1.807) is 11.8 Å². The summed E-state index contributed by atoms with van der Waals surface area (Å²) in [6.45, 7) is 4.76. The van der Waals surface area contributed by atoms with Gasteiger partial charge < -0.3 is 10.0 Å². The second-order valence-corrected chi connectivity index (χ2v) is 7.57. The minimum Gasteiger partial charge on any atom is -0.391 e. The molecule has 0 bridgehead atoms. The molecule has 1 fully saturated rings. The maximum absolute atomic E-state index is 10.3. The van der Waals surface area contributed by atoms with Gasteiger partial charge in [-0.15, -0.1) is 11.8 Å². The predicted octanol–water partition coefficient (Wildman–Crippen LogP) is 3.62. The van der Waals surface area contributed by atoms with Gasteiger partial charge in [0.05, 0.1) is 6.10 Å². The van der Waals surface area contributed by atoms with Crippen molar-refractivity contribution < 1.29 is 5.11 Å². The summed E-state index contributed by atoms with van der Waals surface area (Å²) < 4.78 is 0. The standard InChI is InChI=1S/C19H23ClN2OS/c20-16-6-8-19(9-7-16)24-15-18(23)14-21-10-12-22(13-11-21)17-4-2-1-3-5-17/h1-9,18,23H,10-15H2. The first-order chi connectivity index (χ1) is 11.7. The van der Waals surface area contributed by atoms with Crippen LogP contribution in [0.1, 0.15) is 0 Å². The fourth-order valence-electron chi connectivity index (χ4n) is 2.90. The highest BCUT2D eigenvalue weighted by Gasteiger charge is 2.19. The second-order valence-electron chi connectivity index (χ2n) is 6.04. The lowest BCUT2D eigenvalue weighted by Crippen LogP contribution is -2.48. The summed E-state index contributed by atoms with van der Waals surface area (Å²) in [6.07, 6.45) is -0.311. The molecule has 1 unspecified atom stereocenters. The molecule has 2 aromatic rings. The SMILES string of the molecule is OC(CSc1ccc(Cl)cc1)CN1CCN(c2ccccc2)CC1. The molecule has 1 N–H and O–H groups in total. The van der Waals surface area contributed by atoms with Gasteiger partial charge in [0, 0.05) is 54.1 Å². The van der Waals surface area contributed by atoms with Crippen LogP contribution in [-0.4, -0.2) is 54.6 Å². The molecule has 24 heavy (non-hydrogen) atoms. The Bertz CT molecular complexity index is 615. The van der Waals surface area contributed by atoms with E-state index < -0.39 is 0 Å². The molecule has 1 heterocycles. The molecule has 0 aromatic heterocycles. The zero-order valence-corrected chi connectivity index (χ0v) is 15.2. The zero-order valence-electron chi connectivity index (χ0n) is 13.6. The van der Waals surface area contributed by atoms with Crippen molar-refractivity contribution in [2.75, 3.05) is 43.4 Å². The third kappa shape index (κ3) is 5.15. The van der Waals surface area contributed by atoms with Crippen LogP contribution in [-0.2, 0) is 0 Å². The summed E-state index contributed by atoms with van der Waals surface area (Å²) in [4.78, 5) is 5.91. The van der Waals surface area contributed by atoms with Gasteiger partial charge in [0.15, 0.2) is 0 Å². The van der Waals surface area contributed by atoms with Gasteiger partial charge in [-0.2, -0.15) is 0 Å². The summed E-state index contributed by atoms with van der Waals surface area (Å²) in [5.74, 6) is 0.709. The molecule has 1 aliphatic rings. The minimum absolute atomic E-state index is 0.311. The van der Waals surface area contributed by atoms with Gasteiger partial charge in [0.1, 0.15) is 0 Å². The Labute approximate surface area is 153 Å². The molecule has 1 saturated heterocycles. The summed E-state index contributed by atoms with van der Waals surface area (Å²) in [5.41, 5.74) is 1.29. The van der Waals surface area contributed by atoms with Crippen LogP contribution in [0.25, 0.3) is 0 Å². The van der Waals surface area contributed by atoms with E-state index in [1.165, 1.54) is 5.69 Å². The van der Waals surface area contributed by atoms with Crippen LogP contribution in [0.3, 0.4) is 0 Å². The molecule has 0 radical (unpaired) electrons. The topological polar surface area (TPSA) is 26.7 Å². The van der Waals surface area contributed by atoms with Gasteiger partial charge in [0.25, 0.3) is 0 Å². The van der Waals surface area contributed by atoms with Crippen molar-refractivity contribution >= 4 is 29.1 Å². The average Bonchev–Trinajstić information content (AvgIpc) is 2.63. The number of β-amino-alcohol motifs (C(OH)–C–C–N with tert-alkyl or cyclic N) is 1. The van der Waals surface area contributed by atoms with Crippen LogP contribution in [0.4, 0.5) is 5.69 Å². The number of hydrogen-bond donors (Lipinski definition) is 1. The number of piperazine rings is 1. The molecule has 3 rings (SSSR count). The number of nitrogens with zero attached hydrogens (tertiary/aromatic N) is 2. The van der Waals surface area contributed by atoms with Crippen molar-refractivity contribution in [2.45, 2.75) is 11.0 Å². The van der Waals surface area contributed by atoms with Gasteiger partial charge in [-0.3, -0.25) is 4.90 Å². The lowest BCUT2D eigenvalue weighted by molar-refractivity contribution is 0.126. The Kier molecular flexibility index (Phi) is 6.44. The molecule has 5 heteroatoms. The number of halogens is 1. The molecule has 0 saturated carbocycles. The quantitative estimate of drug-likeness (QED) is 0.794. The molecule has 128 valence electrons. The Morgan fingerprint density at radius 3 is 2.29 bits per heavy atom. The van der Waals surface area contributed by atoms with Gasteiger partial charge in [-0.25, -0.2) is 0 Å². The van der Waals surface area contributed by atoms with Crippen LogP contribution >= 0.6 is 23.4 Å². The molecule has 2 aromatic carbocycles. The number of hydrogen-bond acceptors (Lipinski definition) is 4. The third-order valence-corrected chi connectivity index (χ3v) is 5.63. The third-order valence-electron chi connectivity index (χ3n) is 4.22. The molecule has 0 spiro atoms. The number of thioether (sulfide) groups is 1. The normalized spacial score (nSPS) is 17.0. The highest BCUT2D eigenvalue weighted by molar-refractivity contribution is 7.99. The number of anilines is 1. The fraction of sp³-hybridized carbons (Fsp3) is 0.368. The Morgan fingerprint density at radius 2 is 1.62 bits per heavy atom. The number of rotatable bonds is 6.